The van der Waals surface area contributed by atoms with Gasteiger partial charge in [-0.25, -0.2) is 0 Å². The van der Waals surface area contributed by atoms with E-state index >= 15 is 0 Å². The summed E-state index contributed by atoms with van der Waals surface area (Å²) in [6.45, 7) is 4.12. The summed E-state index contributed by atoms with van der Waals surface area (Å²) in [5.41, 5.74) is 1.74. The topological polar surface area (TPSA) is 66.5 Å². The lowest BCUT2D eigenvalue weighted by Gasteiger charge is -2.39. The van der Waals surface area contributed by atoms with Crippen molar-refractivity contribution in [3.05, 3.63) is 34.9 Å². The Morgan fingerprint density at radius 2 is 2.00 bits per heavy atom. The third-order valence-corrected chi connectivity index (χ3v) is 4.38. The first-order valence-electron chi connectivity index (χ1n) is 6.68. The van der Waals surface area contributed by atoms with E-state index in [-0.39, 0.29) is 24.1 Å². The summed E-state index contributed by atoms with van der Waals surface area (Å²) < 4.78 is 0. The molecule has 5 heteroatoms. The number of rotatable bonds is 1. The van der Waals surface area contributed by atoms with Crippen molar-refractivity contribution in [1.82, 2.24) is 10.2 Å². The van der Waals surface area contributed by atoms with Crippen LogP contribution in [-0.4, -0.2) is 28.2 Å². The molecule has 1 aromatic carbocycles. The number of imide groups is 1. The molecule has 1 aromatic rings. The molecule has 1 fully saturated rings. The highest BCUT2D eigenvalue weighted by Gasteiger charge is 2.48. The fourth-order valence-corrected chi connectivity index (χ4v) is 2.94. The van der Waals surface area contributed by atoms with Crippen LogP contribution in [0.5, 0.6) is 0 Å². The van der Waals surface area contributed by atoms with Gasteiger partial charge in [-0.1, -0.05) is 12.1 Å². The average molecular weight is 272 g/mol. The van der Waals surface area contributed by atoms with Gasteiger partial charge >= 0.3 is 0 Å². The minimum atomic E-state index is -0.948. The van der Waals surface area contributed by atoms with Gasteiger partial charge in [-0.2, -0.15) is 0 Å². The van der Waals surface area contributed by atoms with E-state index in [9.17, 15) is 14.4 Å². The lowest BCUT2D eigenvalue weighted by molar-refractivity contribution is -0.142. The van der Waals surface area contributed by atoms with E-state index in [4.69, 9.17) is 0 Å². The van der Waals surface area contributed by atoms with Gasteiger partial charge in [0.2, 0.25) is 5.91 Å². The van der Waals surface area contributed by atoms with Crippen molar-refractivity contribution < 1.29 is 14.4 Å². The molecular weight excluding hydrogens is 256 g/mol. The van der Waals surface area contributed by atoms with Crippen molar-refractivity contribution in [1.29, 1.82) is 0 Å². The number of amides is 3. The third kappa shape index (κ3) is 1.66. The van der Waals surface area contributed by atoms with Crippen molar-refractivity contribution in [3.8, 4) is 0 Å². The molecule has 20 heavy (non-hydrogen) atoms. The molecular formula is C15H16N2O3. The van der Waals surface area contributed by atoms with Crippen molar-refractivity contribution in [3.63, 3.8) is 0 Å². The predicted octanol–water partition coefficient (Wildman–Crippen LogP) is 1.15. The van der Waals surface area contributed by atoms with Gasteiger partial charge in [0, 0.05) is 18.5 Å². The Morgan fingerprint density at radius 3 is 2.65 bits per heavy atom. The summed E-state index contributed by atoms with van der Waals surface area (Å²) >= 11 is 0. The Kier molecular flexibility index (Phi) is 2.67. The molecule has 1 atom stereocenters. The molecule has 5 nitrogen and oxygen atoms in total. The van der Waals surface area contributed by atoms with Crippen LogP contribution in [0.4, 0.5) is 0 Å². The van der Waals surface area contributed by atoms with E-state index in [0.29, 0.717) is 18.5 Å². The molecule has 0 radical (unpaired) electrons. The molecule has 0 aliphatic carbocycles. The molecule has 2 aliphatic rings. The number of benzene rings is 1. The zero-order valence-corrected chi connectivity index (χ0v) is 11.5. The number of carbonyl (C=O) groups excluding carboxylic acids is 3. The molecule has 1 saturated heterocycles. The molecule has 0 saturated carbocycles. The molecule has 0 aromatic heterocycles. The van der Waals surface area contributed by atoms with Crippen LogP contribution in [0.3, 0.4) is 0 Å². The van der Waals surface area contributed by atoms with Gasteiger partial charge in [-0.3, -0.25) is 19.7 Å². The fourth-order valence-electron chi connectivity index (χ4n) is 2.94. The summed E-state index contributed by atoms with van der Waals surface area (Å²) in [7, 11) is 0. The second-order valence-electron chi connectivity index (χ2n) is 5.64. The predicted molar refractivity (Wildman–Crippen MR) is 71.8 cm³/mol. The number of nitrogens with zero attached hydrogens (tertiary/aromatic N) is 1. The zero-order valence-electron chi connectivity index (χ0n) is 11.5. The maximum absolute atomic E-state index is 12.5. The molecule has 104 valence electrons. The number of fused-ring (bicyclic) bond motifs is 1. The van der Waals surface area contributed by atoms with Gasteiger partial charge < -0.3 is 4.90 Å². The minimum absolute atomic E-state index is 0.129. The third-order valence-electron chi connectivity index (χ3n) is 4.38. The summed E-state index contributed by atoms with van der Waals surface area (Å²) in [5, 5.41) is 2.34. The van der Waals surface area contributed by atoms with Crippen molar-refractivity contribution in [2.45, 2.75) is 38.8 Å². The standard InChI is InChI=1S/C15H16N2O3/c1-9-4-3-5-10-11(9)8-17(13(10)19)15(2)7-6-12(18)16-14(15)20/h3-5H,6-8H2,1-2H3,(H,16,18,20). The van der Waals surface area contributed by atoms with Gasteiger partial charge in [0.15, 0.2) is 0 Å². The van der Waals surface area contributed by atoms with Crippen molar-refractivity contribution >= 4 is 17.7 Å². The van der Waals surface area contributed by atoms with Gasteiger partial charge in [0.05, 0.1) is 0 Å². The minimum Gasteiger partial charge on any atom is -0.320 e. The average Bonchev–Trinajstić information content (AvgIpc) is 2.75. The molecule has 2 heterocycles. The maximum Gasteiger partial charge on any atom is 0.255 e. The van der Waals surface area contributed by atoms with E-state index in [0.717, 1.165) is 11.1 Å². The van der Waals surface area contributed by atoms with Crippen LogP contribution < -0.4 is 5.32 Å². The Labute approximate surface area is 116 Å². The number of carbonyl (C=O) groups is 3. The number of hydrogen-bond donors (Lipinski definition) is 1. The first-order chi connectivity index (χ1) is 9.43. The smallest absolute Gasteiger partial charge is 0.255 e. The second kappa shape index (κ2) is 4.16. The van der Waals surface area contributed by atoms with Crippen LogP contribution in [0.25, 0.3) is 0 Å². The maximum atomic E-state index is 12.5. The summed E-state index contributed by atoms with van der Waals surface area (Å²) in [5.74, 6) is -0.781. The number of nitrogens with one attached hydrogen (secondary N) is 1. The van der Waals surface area contributed by atoms with Gasteiger partial charge in [-0.05, 0) is 37.5 Å². The summed E-state index contributed by atoms with van der Waals surface area (Å²) in [6, 6.07) is 5.60. The normalized spacial score (nSPS) is 25.7. The number of hydrogen-bond acceptors (Lipinski definition) is 3. The van der Waals surface area contributed by atoms with E-state index in [2.05, 4.69) is 5.32 Å². The van der Waals surface area contributed by atoms with Crippen molar-refractivity contribution in [2.24, 2.45) is 0 Å². The summed E-state index contributed by atoms with van der Waals surface area (Å²) in [6.07, 6.45) is 0.637. The first kappa shape index (κ1) is 12.8. The molecule has 1 N–H and O–H groups in total. The molecule has 2 aliphatic heterocycles. The van der Waals surface area contributed by atoms with Crippen molar-refractivity contribution in [2.75, 3.05) is 0 Å². The molecule has 3 rings (SSSR count). The SMILES string of the molecule is Cc1cccc2c1CN(C1(C)CCC(=O)NC1=O)C2=O. The Balaban J connectivity index is 1.98. The van der Waals surface area contributed by atoms with E-state index in [1.807, 2.05) is 19.1 Å². The Bertz CT molecular complexity index is 638. The van der Waals surface area contributed by atoms with E-state index in [1.54, 1.807) is 17.9 Å². The van der Waals surface area contributed by atoms with Crippen LogP contribution in [0.1, 0.15) is 41.3 Å². The second-order valence-corrected chi connectivity index (χ2v) is 5.64. The van der Waals surface area contributed by atoms with Gasteiger partial charge in [0.25, 0.3) is 11.8 Å². The Hall–Kier alpha value is -2.17. The number of piperidine rings is 1. The molecule has 3 amide bonds. The molecule has 0 bridgehead atoms. The lowest BCUT2D eigenvalue weighted by atomic mass is 9.89. The highest BCUT2D eigenvalue weighted by molar-refractivity contribution is 6.07. The van der Waals surface area contributed by atoms with Crippen LogP contribution in [-0.2, 0) is 16.1 Å². The monoisotopic (exact) mass is 272 g/mol. The van der Waals surface area contributed by atoms with Crippen LogP contribution in [0.15, 0.2) is 18.2 Å². The highest BCUT2D eigenvalue weighted by Crippen LogP contribution is 2.35. The number of aryl methyl sites for hydroxylation is 1. The fraction of sp³-hybridized carbons (Fsp3) is 0.400. The van der Waals surface area contributed by atoms with Gasteiger partial charge in [0.1, 0.15) is 5.54 Å². The lowest BCUT2D eigenvalue weighted by Crippen LogP contribution is -2.61. The zero-order chi connectivity index (χ0) is 14.5. The summed E-state index contributed by atoms with van der Waals surface area (Å²) in [4.78, 5) is 37.6. The van der Waals surface area contributed by atoms with Crippen LogP contribution in [0.2, 0.25) is 0 Å². The van der Waals surface area contributed by atoms with E-state index in [1.165, 1.54) is 0 Å². The van der Waals surface area contributed by atoms with Crippen LogP contribution in [0, 0.1) is 6.92 Å². The first-order valence-corrected chi connectivity index (χ1v) is 6.68. The van der Waals surface area contributed by atoms with E-state index < -0.39 is 5.54 Å². The quantitative estimate of drug-likeness (QED) is 0.780. The van der Waals surface area contributed by atoms with Crippen LogP contribution >= 0.6 is 0 Å². The molecule has 0 spiro atoms. The largest absolute Gasteiger partial charge is 0.320 e. The molecule has 1 unspecified atom stereocenters. The highest BCUT2D eigenvalue weighted by atomic mass is 16.2. The van der Waals surface area contributed by atoms with Gasteiger partial charge in [-0.15, -0.1) is 0 Å². The Morgan fingerprint density at radius 1 is 1.25 bits per heavy atom.